The van der Waals surface area contributed by atoms with Gasteiger partial charge < -0.3 is 9.88 Å². The van der Waals surface area contributed by atoms with Crippen molar-refractivity contribution in [3.8, 4) is 0 Å². The fourth-order valence-corrected chi connectivity index (χ4v) is 2.63. The van der Waals surface area contributed by atoms with E-state index >= 15 is 0 Å². The van der Waals surface area contributed by atoms with E-state index in [4.69, 9.17) is 0 Å². The van der Waals surface area contributed by atoms with Crippen molar-refractivity contribution >= 4 is 20.7 Å². The Morgan fingerprint density at radius 3 is 2.67 bits per heavy atom. The van der Waals surface area contributed by atoms with Crippen molar-refractivity contribution in [1.82, 2.24) is 9.88 Å². The van der Waals surface area contributed by atoms with Gasteiger partial charge in [0.2, 0.25) is 0 Å². The molecule has 0 atom stereocenters. The highest BCUT2D eigenvalue weighted by Crippen LogP contribution is 2.19. The highest BCUT2D eigenvalue weighted by Gasteiger charge is 2.10. The summed E-state index contributed by atoms with van der Waals surface area (Å²) in [4.78, 5) is 0. The van der Waals surface area contributed by atoms with Gasteiger partial charge in [0.25, 0.3) is 0 Å². The van der Waals surface area contributed by atoms with Crippen molar-refractivity contribution in [2.75, 3.05) is 19.1 Å². The number of nitrogens with zero attached hydrogens (tertiary/aromatic N) is 1. The summed E-state index contributed by atoms with van der Waals surface area (Å²) in [6.45, 7) is 1.24. The molecule has 0 aliphatic rings. The molecule has 1 N–H and O–H groups in total. The standard InChI is InChI=1S/C13H18N2O2S/c1-14-10-12-9-11-5-3-4-6-13(11)15(12)7-8-18(2,16)17/h3-6,9,14H,7-8,10H2,1-2H3. The van der Waals surface area contributed by atoms with Gasteiger partial charge in [0.05, 0.1) is 5.75 Å². The van der Waals surface area contributed by atoms with Crippen LogP contribution < -0.4 is 5.32 Å². The zero-order valence-corrected chi connectivity index (χ0v) is 11.5. The van der Waals surface area contributed by atoms with Crippen LogP contribution in [0.1, 0.15) is 5.69 Å². The van der Waals surface area contributed by atoms with Gasteiger partial charge in [-0.25, -0.2) is 8.42 Å². The van der Waals surface area contributed by atoms with Crippen LogP contribution in [0.4, 0.5) is 0 Å². The minimum atomic E-state index is -2.94. The van der Waals surface area contributed by atoms with Gasteiger partial charge in [0.15, 0.2) is 0 Å². The average molecular weight is 266 g/mol. The number of hydrogen-bond donors (Lipinski definition) is 1. The molecule has 5 heteroatoms. The molecule has 0 fully saturated rings. The Morgan fingerprint density at radius 2 is 2.00 bits per heavy atom. The van der Waals surface area contributed by atoms with Crippen LogP contribution in [0.3, 0.4) is 0 Å². The number of nitrogens with one attached hydrogen (secondary N) is 1. The second-order valence-electron chi connectivity index (χ2n) is 4.51. The minimum absolute atomic E-state index is 0.169. The maximum atomic E-state index is 11.3. The van der Waals surface area contributed by atoms with Crippen molar-refractivity contribution in [3.63, 3.8) is 0 Å². The molecule has 0 aliphatic heterocycles. The van der Waals surface area contributed by atoms with E-state index in [1.165, 1.54) is 6.26 Å². The van der Waals surface area contributed by atoms with E-state index in [-0.39, 0.29) is 5.75 Å². The molecule has 0 bridgehead atoms. The lowest BCUT2D eigenvalue weighted by molar-refractivity contribution is 0.593. The summed E-state index contributed by atoms with van der Waals surface area (Å²) in [7, 11) is -1.05. The SMILES string of the molecule is CNCc1cc2ccccc2n1CCS(C)(=O)=O. The Bertz CT molecular complexity index is 644. The Hall–Kier alpha value is -1.33. The first kappa shape index (κ1) is 13.1. The monoisotopic (exact) mass is 266 g/mol. The molecule has 4 nitrogen and oxygen atoms in total. The number of para-hydroxylation sites is 1. The third-order valence-corrected chi connectivity index (χ3v) is 3.86. The lowest BCUT2D eigenvalue weighted by Gasteiger charge is -2.09. The summed E-state index contributed by atoms with van der Waals surface area (Å²) in [6.07, 6.45) is 1.27. The highest BCUT2D eigenvalue weighted by atomic mass is 32.2. The maximum absolute atomic E-state index is 11.3. The number of aromatic nitrogens is 1. The van der Waals surface area contributed by atoms with Crippen LogP contribution in [-0.4, -0.2) is 32.0 Å². The van der Waals surface area contributed by atoms with E-state index in [0.29, 0.717) is 6.54 Å². The second kappa shape index (κ2) is 5.12. The lowest BCUT2D eigenvalue weighted by Crippen LogP contribution is -2.16. The van der Waals surface area contributed by atoms with Crippen molar-refractivity contribution in [3.05, 3.63) is 36.0 Å². The first-order chi connectivity index (χ1) is 8.51. The molecule has 0 saturated carbocycles. The van der Waals surface area contributed by atoms with E-state index < -0.39 is 9.84 Å². The van der Waals surface area contributed by atoms with Crippen LogP contribution in [0.15, 0.2) is 30.3 Å². The number of benzene rings is 1. The van der Waals surface area contributed by atoms with Gasteiger partial charge in [-0.3, -0.25) is 0 Å². The van der Waals surface area contributed by atoms with E-state index in [9.17, 15) is 8.42 Å². The summed E-state index contributed by atoms with van der Waals surface area (Å²) < 4.78 is 24.7. The van der Waals surface area contributed by atoms with Crippen molar-refractivity contribution < 1.29 is 8.42 Å². The van der Waals surface area contributed by atoms with Gasteiger partial charge in [-0.05, 0) is 24.6 Å². The number of hydrogen-bond acceptors (Lipinski definition) is 3. The summed E-state index contributed by atoms with van der Waals surface area (Å²) in [5.41, 5.74) is 2.20. The number of aryl methyl sites for hydroxylation is 1. The van der Waals surface area contributed by atoms with Crippen LogP contribution >= 0.6 is 0 Å². The van der Waals surface area contributed by atoms with Crippen LogP contribution in [0.5, 0.6) is 0 Å². The quantitative estimate of drug-likeness (QED) is 0.890. The third-order valence-electron chi connectivity index (χ3n) is 2.94. The normalized spacial score (nSPS) is 12.1. The fraction of sp³-hybridized carbons (Fsp3) is 0.385. The van der Waals surface area contributed by atoms with Crippen LogP contribution in [0.2, 0.25) is 0 Å². The largest absolute Gasteiger partial charge is 0.342 e. The second-order valence-corrected chi connectivity index (χ2v) is 6.77. The predicted octanol–water partition coefficient (Wildman–Crippen LogP) is 1.41. The number of rotatable bonds is 5. The van der Waals surface area contributed by atoms with Crippen LogP contribution in [0, 0.1) is 0 Å². The molecule has 18 heavy (non-hydrogen) atoms. The molecule has 2 rings (SSSR count). The Morgan fingerprint density at radius 1 is 1.28 bits per heavy atom. The third kappa shape index (κ3) is 2.91. The molecule has 98 valence electrons. The molecule has 0 unspecified atom stereocenters. The van der Waals surface area contributed by atoms with Crippen LogP contribution in [0.25, 0.3) is 10.9 Å². The van der Waals surface area contributed by atoms with E-state index in [1.54, 1.807) is 0 Å². The van der Waals surface area contributed by atoms with Crippen LogP contribution in [-0.2, 0) is 22.9 Å². The van der Waals surface area contributed by atoms with E-state index in [2.05, 4.69) is 16.0 Å². The molecule has 0 spiro atoms. The first-order valence-electron chi connectivity index (χ1n) is 5.91. The first-order valence-corrected chi connectivity index (χ1v) is 7.97. The average Bonchev–Trinajstić information content (AvgIpc) is 2.63. The summed E-state index contributed by atoms with van der Waals surface area (Å²) in [5, 5.41) is 4.26. The number of sulfone groups is 1. The summed E-state index contributed by atoms with van der Waals surface area (Å²) in [5.74, 6) is 0.169. The molecule has 0 saturated heterocycles. The lowest BCUT2D eigenvalue weighted by atomic mass is 10.2. The molecule has 0 aliphatic carbocycles. The fourth-order valence-electron chi connectivity index (χ4n) is 2.12. The smallest absolute Gasteiger partial charge is 0.149 e. The number of fused-ring (bicyclic) bond motifs is 1. The Labute approximate surface area is 108 Å². The predicted molar refractivity (Wildman–Crippen MR) is 74.4 cm³/mol. The zero-order valence-electron chi connectivity index (χ0n) is 10.7. The van der Waals surface area contributed by atoms with Gasteiger partial charge in [-0.15, -0.1) is 0 Å². The van der Waals surface area contributed by atoms with Crippen molar-refractivity contribution in [1.29, 1.82) is 0 Å². The summed E-state index contributed by atoms with van der Waals surface area (Å²) in [6, 6.07) is 10.1. The molecule has 1 heterocycles. The molecule has 1 aromatic heterocycles. The molecular formula is C13H18N2O2S. The molecule has 0 radical (unpaired) electrons. The van der Waals surface area contributed by atoms with Gasteiger partial charge in [-0.1, -0.05) is 18.2 Å². The van der Waals surface area contributed by atoms with Crippen molar-refractivity contribution in [2.45, 2.75) is 13.1 Å². The molecule has 2 aromatic rings. The van der Waals surface area contributed by atoms with Gasteiger partial charge in [0, 0.05) is 30.6 Å². The molecular weight excluding hydrogens is 248 g/mol. The topological polar surface area (TPSA) is 51.1 Å². The zero-order chi connectivity index (χ0) is 13.2. The highest BCUT2D eigenvalue weighted by molar-refractivity contribution is 7.90. The van der Waals surface area contributed by atoms with Gasteiger partial charge in [0.1, 0.15) is 9.84 Å². The Kier molecular flexibility index (Phi) is 3.73. The molecule has 0 amide bonds. The van der Waals surface area contributed by atoms with E-state index in [0.717, 1.165) is 23.1 Å². The van der Waals surface area contributed by atoms with E-state index in [1.807, 2.05) is 31.3 Å². The van der Waals surface area contributed by atoms with Gasteiger partial charge in [-0.2, -0.15) is 0 Å². The maximum Gasteiger partial charge on any atom is 0.149 e. The van der Waals surface area contributed by atoms with Crippen molar-refractivity contribution in [2.24, 2.45) is 0 Å². The Balaban J connectivity index is 2.41. The van der Waals surface area contributed by atoms with Gasteiger partial charge >= 0.3 is 0 Å². The molecule has 1 aromatic carbocycles. The summed E-state index contributed by atoms with van der Waals surface area (Å²) >= 11 is 0. The minimum Gasteiger partial charge on any atom is -0.342 e.